The summed E-state index contributed by atoms with van der Waals surface area (Å²) >= 11 is 0. The highest BCUT2D eigenvalue weighted by Crippen LogP contribution is 2.21. The second-order valence-corrected chi connectivity index (χ2v) is 4.05. The lowest BCUT2D eigenvalue weighted by Crippen LogP contribution is -2.14. The molecule has 2 rings (SSSR count). The van der Waals surface area contributed by atoms with Gasteiger partial charge in [0.1, 0.15) is 17.3 Å². The molecule has 0 aliphatic rings. The number of aromatic nitrogens is 2. The van der Waals surface area contributed by atoms with Crippen LogP contribution in [0.15, 0.2) is 28.8 Å². The predicted molar refractivity (Wildman–Crippen MR) is 66.6 cm³/mol. The summed E-state index contributed by atoms with van der Waals surface area (Å²) in [5.74, 6) is 2.66. The third kappa shape index (κ3) is 2.53. The topological polar surface area (TPSA) is 64.9 Å². The van der Waals surface area contributed by atoms with E-state index in [1.165, 1.54) is 0 Å². The van der Waals surface area contributed by atoms with Crippen LogP contribution < -0.4 is 5.73 Å². The first-order valence-electron chi connectivity index (χ1n) is 5.84. The molecule has 17 heavy (non-hydrogen) atoms. The lowest BCUT2D eigenvalue weighted by Gasteiger charge is -2.10. The average molecular weight is 231 g/mol. The second kappa shape index (κ2) is 5.10. The Bertz CT molecular complexity index is 489. The van der Waals surface area contributed by atoms with Crippen LogP contribution in [0, 0.1) is 6.92 Å². The molecular formula is C13H17N3O. The Morgan fingerprint density at radius 1 is 1.35 bits per heavy atom. The van der Waals surface area contributed by atoms with Gasteiger partial charge in [-0.25, -0.2) is 9.97 Å². The van der Waals surface area contributed by atoms with E-state index in [0.717, 1.165) is 29.5 Å². The number of rotatable bonds is 4. The largest absolute Gasteiger partial charge is 0.460 e. The van der Waals surface area contributed by atoms with E-state index in [2.05, 4.69) is 16.9 Å². The fourth-order valence-corrected chi connectivity index (χ4v) is 1.73. The van der Waals surface area contributed by atoms with Crippen molar-refractivity contribution in [2.45, 2.75) is 26.2 Å². The number of hydrogen-bond acceptors (Lipinski definition) is 4. The summed E-state index contributed by atoms with van der Waals surface area (Å²) in [6.45, 7) is 4.57. The molecule has 0 bridgehead atoms. The van der Waals surface area contributed by atoms with Crippen LogP contribution in [0.1, 0.15) is 30.8 Å². The van der Waals surface area contributed by atoms with Crippen LogP contribution in [0.25, 0.3) is 11.5 Å². The minimum absolute atomic E-state index is 0.214. The Balaban J connectivity index is 2.34. The van der Waals surface area contributed by atoms with Gasteiger partial charge in [-0.3, -0.25) is 0 Å². The first-order chi connectivity index (χ1) is 8.24. The molecule has 0 aliphatic heterocycles. The number of nitrogens with two attached hydrogens (primary N) is 1. The lowest BCUT2D eigenvalue weighted by atomic mass is 10.1. The molecule has 2 N–H and O–H groups in total. The third-order valence-electron chi connectivity index (χ3n) is 2.81. The zero-order valence-electron chi connectivity index (χ0n) is 10.2. The minimum Gasteiger partial charge on any atom is -0.460 e. The van der Waals surface area contributed by atoms with Crippen molar-refractivity contribution in [2.24, 2.45) is 5.73 Å². The van der Waals surface area contributed by atoms with Gasteiger partial charge >= 0.3 is 0 Å². The average Bonchev–Trinajstić information content (AvgIpc) is 2.78. The van der Waals surface area contributed by atoms with Gasteiger partial charge in [0.25, 0.3) is 0 Å². The summed E-state index contributed by atoms with van der Waals surface area (Å²) in [7, 11) is 0. The van der Waals surface area contributed by atoms with E-state index in [-0.39, 0.29) is 5.92 Å². The van der Waals surface area contributed by atoms with Gasteiger partial charge in [-0.2, -0.15) is 0 Å². The zero-order valence-corrected chi connectivity index (χ0v) is 10.2. The van der Waals surface area contributed by atoms with Crippen LogP contribution >= 0.6 is 0 Å². The molecule has 0 radical (unpaired) electrons. The highest BCUT2D eigenvalue weighted by atomic mass is 16.3. The quantitative estimate of drug-likeness (QED) is 0.878. The van der Waals surface area contributed by atoms with E-state index < -0.39 is 0 Å². The van der Waals surface area contributed by atoms with Gasteiger partial charge in [0, 0.05) is 18.7 Å². The predicted octanol–water partition coefficient (Wildman–Crippen LogP) is 2.50. The first-order valence-corrected chi connectivity index (χ1v) is 5.84. The number of furan rings is 1. The van der Waals surface area contributed by atoms with Crippen molar-refractivity contribution in [3.05, 3.63) is 36.0 Å². The Morgan fingerprint density at radius 2 is 2.18 bits per heavy atom. The molecule has 2 aromatic rings. The molecule has 4 nitrogen and oxygen atoms in total. The Morgan fingerprint density at radius 3 is 2.76 bits per heavy atom. The van der Waals surface area contributed by atoms with Gasteiger partial charge in [0.15, 0.2) is 5.76 Å². The number of hydrogen-bond donors (Lipinski definition) is 1. The molecule has 0 fully saturated rings. The van der Waals surface area contributed by atoms with E-state index in [1.54, 1.807) is 6.20 Å². The number of nitrogens with zero attached hydrogens (tertiary/aromatic N) is 2. The van der Waals surface area contributed by atoms with Crippen molar-refractivity contribution in [3.63, 3.8) is 0 Å². The smallest absolute Gasteiger partial charge is 0.152 e. The molecule has 0 saturated heterocycles. The van der Waals surface area contributed by atoms with Crippen LogP contribution in [0.5, 0.6) is 0 Å². The normalized spacial score (nSPS) is 12.6. The Labute approximate surface area is 101 Å². The van der Waals surface area contributed by atoms with Gasteiger partial charge in [0.05, 0.1) is 0 Å². The highest BCUT2D eigenvalue weighted by molar-refractivity contribution is 5.51. The van der Waals surface area contributed by atoms with Crippen molar-refractivity contribution < 1.29 is 4.42 Å². The maximum absolute atomic E-state index is 5.70. The van der Waals surface area contributed by atoms with Crippen molar-refractivity contribution in [2.75, 3.05) is 6.54 Å². The molecule has 2 aromatic heterocycles. The van der Waals surface area contributed by atoms with E-state index in [0.29, 0.717) is 6.54 Å². The van der Waals surface area contributed by atoms with Gasteiger partial charge in [0.2, 0.25) is 0 Å². The monoisotopic (exact) mass is 231 g/mol. The van der Waals surface area contributed by atoms with Gasteiger partial charge < -0.3 is 10.2 Å². The van der Waals surface area contributed by atoms with Crippen LogP contribution in [0.3, 0.4) is 0 Å². The highest BCUT2D eigenvalue weighted by Gasteiger charge is 2.12. The summed E-state index contributed by atoms with van der Waals surface area (Å²) in [5.41, 5.74) is 6.52. The van der Waals surface area contributed by atoms with E-state index in [4.69, 9.17) is 10.2 Å². The summed E-state index contributed by atoms with van der Waals surface area (Å²) < 4.78 is 5.55. The zero-order chi connectivity index (χ0) is 12.3. The summed E-state index contributed by atoms with van der Waals surface area (Å²) in [5, 5.41) is 0. The summed E-state index contributed by atoms with van der Waals surface area (Å²) in [6.07, 6.45) is 2.70. The molecule has 4 heteroatoms. The van der Waals surface area contributed by atoms with Gasteiger partial charge in [-0.15, -0.1) is 0 Å². The molecule has 0 amide bonds. The number of aryl methyl sites for hydroxylation is 1. The van der Waals surface area contributed by atoms with Crippen molar-refractivity contribution in [3.8, 4) is 11.5 Å². The maximum atomic E-state index is 5.70. The van der Waals surface area contributed by atoms with E-state index in [1.807, 2.05) is 25.1 Å². The molecule has 2 heterocycles. The molecule has 1 atom stereocenters. The molecular weight excluding hydrogens is 214 g/mol. The molecule has 0 aliphatic carbocycles. The minimum atomic E-state index is 0.214. The van der Waals surface area contributed by atoms with Gasteiger partial charge in [-0.05, 0) is 31.5 Å². The molecule has 0 aromatic carbocycles. The third-order valence-corrected chi connectivity index (χ3v) is 2.81. The fourth-order valence-electron chi connectivity index (χ4n) is 1.73. The Hall–Kier alpha value is -1.68. The van der Waals surface area contributed by atoms with E-state index in [9.17, 15) is 0 Å². The first kappa shape index (κ1) is 11.8. The van der Waals surface area contributed by atoms with Crippen molar-refractivity contribution >= 4 is 0 Å². The second-order valence-electron chi connectivity index (χ2n) is 4.05. The van der Waals surface area contributed by atoms with Crippen LogP contribution in [0.2, 0.25) is 0 Å². The maximum Gasteiger partial charge on any atom is 0.152 e. The fraction of sp³-hybridized carbons (Fsp3) is 0.385. The van der Waals surface area contributed by atoms with Crippen LogP contribution in [-0.2, 0) is 0 Å². The van der Waals surface area contributed by atoms with Crippen LogP contribution in [0.4, 0.5) is 0 Å². The van der Waals surface area contributed by atoms with Gasteiger partial charge in [-0.1, -0.05) is 6.92 Å². The van der Waals surface area contributed by atoms with Crippen molar-refractivity contribution in [1.29, 1.82) is 0 Å². The molecule has 90 valence electrons. The standard InChI is InChI=1S/C13H17N3O/c1-3-10(8-14)13-15-7-6-11(16-13)12-5-4-9(2)17-12/h4-7,10H,3,8,14H2,1-2H3. The molecule has 0 saturated carbocycles. The SMILES string of the molecule is CCC(CN)c1nccc(-c2ccc(C)o2)n1. The molecule has 0 spiro atoms. The summed E-state index contributed by atoms with van der Waals surface area (Å²) in [4.78, 5) is 8.79. The van der Waals surface area contributed by atoms with E-state index >= 15 is 0 Å². The van der Waals surface area contributed by atoms with Crippen LogP contribution in [-0.4, -0.2) is 16.5 Å². The lowest BCUT2D eigenvalue weighted by molar-refractivity contribution is 0.544. The summed E-state index contributed by atoms with van der Waals surface area (Å²) in [6, 6.07) is 5.70. The Kier molecular flexibility index (Phi) is 3.54. The molecule has 1 unspecified atom stereocenters. The van der Waals surface area contributed by atoms with Crippen molar-refractivity contribution in [1.82, 2.24) is 9.97 Å².